The number of halogens is 1. The van der Waals surface area contributed by atoms with Crippen LogP contribution in [-0.2, 0) is 13.1 Å². The van der Waals surface area contributed by atoms with Gasteiger partial charge in [-0.15, -0.1) is 0 Å². The molecule has 0 saturated carbocycles. The Morgan fingerprint density at radius 3 is 2.71 bits per heavy atom. The summed E-state index contributed by atoms with van der Waals surface area (Å²) in [7, 11) is 2.10. The van der Waals surface area contributed by atoms with E-state index in [-0.39, 0.29) is 17.6 Å². The van der Waals surface area contributed by atoms with Gasteiger partial charge in [0.2, 0.25) is 0 Å². The van der Waals surface area contributed by atoms with Crippen LogP contribution in [-0.4, -0.2) is 17.1 Å². The molecule has 0 amide bonds. The molecule has 2 aromatic carbocycles. The Hall–Kier alpha value is -2.07. The summed E-state index contributed by atoms with van der Waals surface area (Å²) < 4.78 is 13.3. The molecular formula is C17H19FN2O. The Morgan fingerprint density at radius 1 is 1.14 bits per heavy atom. The van der Waals surface area contributed by atoms with Crippen molar-refractivity contribution in [2.24, 2.45) is 0 Å². The molecule has 1 heterocycles. The van der Waals surface area contributed by atoms with Gasteiger partial charge in [0.05, 0.1) is 6.04 Å². The van der Waals surface area contributed by atoms with Crippen LogP contribution in [0.2, 0.25) is 0 Å². The lowest BCUT2D eigenvalue weighted by molar-refractivity contribution is 0.353. The summed E-state index contributed by atoms with van der Waals surface area (Å²) in [5, 5.41) is 13.2. The maximum absolute atomic E-state index is 13.3. The summed E-state index contributed by atoms with van der Waals surface area (Å²) in [4.78, 5) is 2.26. The van der Waals surface area contributed by atoms with Crippen molar-refractivity contribution in [2.75, 3.05) is 12.4 Å². The molecule has 0 radical (unpaired) electrons. The lowest BCUT2D eigenvalue weighted by Crippen LogP contribution is -2.08. The molecule has 1 atom stereocenters. The van der Waals surface area contributed by atoms with Gasteiger partial charge in [-0.2, -0.15) is 0 Å². The number of rotatable bonds is 3. The van der Waals surface area contributed by atoms with Gasteiger partial charge in [-0.05, 0) is 55.4 Å². The number of aromatic hydroxyl groups is 1. The SMILES string of the molecule is C[C@H](Nc1ccc2c(c1)CN(C)C2)c1cc(F)ccc1O. The van der Waals surface area contributed by atoms with E-state index in [2.05, 4.69) is 29.4 Å². The first kappa shape index (κ1) is 13.9. The predicted octanol–water partition coefficient (Wildman–Crippen LogP) is 3.65. The second-order valence-corrected chi connectivity index (χ2v) is 5.72. The molecule has 3 nitrogen and oxygen atoms in total. The Bertz CT molecular complexity index is 672. The lowest BCUT2D eigenvalue weighted by Gasteiger charge is -2.17. The van der Waals surface area contributed by atoms with Crippen LogP contribution in [0.3, 0.4) is 0 Å². The van der Waals surface area contributed by atoms with Crippen molar-refractivity contribution >= 4 is 5.69 Å². The average molecular weight is 286 g/mol. The van der Waals surface area contributed by atoms with E-state index >= 15 is 0 Å². The van der Waals surface area contributed by atoms with Crippen LogP contribution < -0.4 is 5.32 Å². The molecule has 2 aromatic rings. The van der Waals surface area contributed by atoms with Crippen LogP contribution in [0.15, 0.2) is 36.4 Å². The summed E-state index contributed by atoms with van der Waals surface area (Å²) >= 11 is 0. The average Bonchev–Trinajstić information content (AvgIpc) is 2.80. The number of nitrogens with zero attached hydrogens (tertiary/aromatic N) is 1. The Kier molecular flexibility index (Phi) is 3.55. The Labute approximate surface area is 124 Å². The number of nitrogens with one attached hydrogen (secondary N) is 1. The van der Waals surface area contributed by atoms with Gasteiger partial charge in [-0.1, -0.05) is 6.07 Å². The number of fused-ring (bicyclic) bond motifs is 1. The van der Waals surface area contributed by atoms with Crippen LogP contribution in [0.5, 0.6) is 5.75 Å². The highest BCUT2D eigenvalue weighted by molar-refractivity contribution is 5.52. The zero-order chi connectivity index (χ0) is 15.0. The van der Waals surface area contributed by atoms with E-state index in [1.54, 1.807) is 0 Å². The maximum Gasteiger partial charge on any atom is 0.123 e. The van der Waals surface area contributed by atoms with Crippen molar-refractivity contribution in [2.45, 2.75) is 26.1 Å². The molecule has 3 rings (SSSR count). The van der Waals surface area contributed by atoms with Gasteiger partial charge in [-0.3, -0.25) is 4.90 Å². The number of hydrogen-bond acceptors (Lipinski definition) is 3. The molecule has 0 bridgehead atoms. The molecule has 4 heteroatoms. The van der Waals surface area contributed by atoms with Crippen LogP contribution in [0.4, 0.5) is 10.1 Å². The third-order valence-corrected chi connectivity index (χ3v) is 3.93. The topological polar surface area (TPSA) is 35.5 Å². The van der Waals surface area contributed by atoms with Crippen molar-refractivity contribution in [3.8, 4) is 5.75 Å². The molecule has 110 valence electrons. The van der Waals surface area contributed by atoms with Gasteiger partial charge in [0, 0.05) is 24.3 Å². The second-order valence-electron chi connectivity index (χ2n) is 5.72. The highest BCUT2D eigenvalue weighted by Gasteiger charge is 2.17. The van der Waals surface area contributed by atoms with Gasteiger partial charge in [-0.25, -0.2) is 4.39 Å². The van der Waals surface area contributed by atoms with Crippen molar-refractivity contribution in [1.82, 2.24) is 4.90 Å². The highest BCUT2D eigenvalue weighted by atomic mass is 19.1. The van der Waals surface area contributed by atoms with Crippen molar-refractivity contribution in [1.29, 1.82) is 0 Å². The largest absolute Gasteiger partial charge is 0.508 e. The monoisotopic (exact) mass is 286 g/mol. The summed E-state index contributed by atoms with van der Waals surface area (Å²) in [6.07, 6.45) is 0. The number of benzene rings is 2. The molecule has 21 heavy (non-hydrogen) atoms. The summed E-state index contributed by atoms with van der Waals surface area (Å²) in [6, 6.07) is 10.1. The van der Waals surface area contributed by atoms with Crippen LogP contribution in [0.1, 0.15) is 29.7 Å². The van der Waals surface area contributed by atoms with E-state index in [1.807, 2.05) is 13.0 Å². The molecule has 0 spiro atoms. The van der Waals surface area contributed by atoms with E-state index in [0.717, 1.165) is 18.8 Å². The molecule has 2 N–H and O–H groups in total. The van der Waals surface area contributed by atoms with E-state index in [0.29, 0.717) is 5.56 Å². The van der Waals surface area contributed by atoms with Gasteiger partial charge < -0.3 is 10.4 Å². The molecule has 0 aliphatic carbocycles. The minimum Gasteiger partial charge on any atom is -0.508 e. The summed E-state index contributed by atoms with van der Waals surface area (Å²) in [5.41, 5.74) is 4.22. The normalized spacial score (nSPS) is 15.8. The quantitative estimate of drug-likeness (QED) is 0.904. The smallest absolute Gasteiger partial charge is 0.123 e. The van der Waals surface area contributed by atoms with Crippen molar-refractivity contribution in [3.63, 3.8) is 0 Å². The first-order valence-corrected chi connectivity index (χ1v) is 7.08. The number of hydrogen-bond donors (Lipinski definition) is 2. The molecule has 1 aliphatic heterocycles. The third-order valence-electron chi connectivity index (χ3n) is 3.93. The van der Waals surface area contributed by atoms with Crippen molar-refractivity contribution in [3.05, 3.63) is 58.9 Å². The van der Waals surface area contributed by atoms with Crippen LogP contribution in [0.25, 0.3) is 0 Å². The van der Waals surface area contributed by atoms with Crippen LogP contribution >= 0.6 is 0 Å². The molecule has 0 saturated heterocycles. The predicted molar refractivity (Wildman–Crippen MR) is 81.7 cm³/mol. The first-order chi connectivity index (χ1) is 10.0. The van der Waals surface area contributed by atoms with E-state index in [9.17, 15) is 9.50 Å². The first-order valence-electron chi connectivity index (χ1n) is 7.08. The second kappa shape index (κ2) is 5.37. The van der Waals surface area contributed by atoms with Gasteiger partial charge in [0.15, 0.2) is 0 Å². The molecular weight excluding hydrogens is 267 g/mol. The van der Waals surface area contributed by atoms with E-state index in [4.69, 9.17) is 0 Å². The summed E-state index contributed by atoms with van der Waals surface area (Å²) in [6.45, 7) is 3.84. The van der Waals surface area contributed by atoms with Gasteiger partial charge in [0.1, 0.15) is 11.6 Å². The minimum atomic E-state index is -0.341. The fourth-order valence-corrected chi connectivity index (χ4v) is 2.85. The molecule has 0 aromatic heterocycles. The van der Waals surface area contributed by atoms with E-state index in [1.165, 1.54) is 29.3 Å². The van der Waals surface area contributed by atoms with Crippen molar-refractivity contribution < 1.29 is 9.50 Å². The zero-order valence-electron chi connectivity index (χ0n) is 12.2. The standard InChI is InChI=1S/C17H19FN2O/c1-11(16-8-14(18)4-6-17(16)21)19-15-5-3-12-9-20(2)10-13(12)7-15/h3-8,11,19,21H,9-10H2,1-2H3/t11-/m0/s1. The maximum atomic E-state index is 13.3. The van der Waals surface area contributed by atoms with Gasteiger partial charge >= 0.3 is 0 Å². The van der Waals surface area contributed by atoms with E-state index < -0.39 is 0 Å². The number of phenols is 1. The molecule has 0 unspecified atom stereocenters. The third kappa shape index (κ3) is 2.85. The Balaban J connectivity index is 1.80. The lowest BCUT2D eigenvalue weighted by atomic mass is 10.1. The fraction of sp³-hybridized carbons (Fsp3) is 0.294. The molecule has 0 fully saturated rings. The highest BCUT2D eigenvalue weighted by Crippen LogP contribution is 2.30. The van der Waals surface area contributed by atoms with Crippen LogP contribution in [0, 0.1) is 5.82 Å². The number of anilines is 1. The zero-order valence-corrected chi connectivity index (χ0v) is 12.2. The summed E-state index contributed by atoms with van der Waals surface area (Å²) in [5.74, 6) is -0.232. The Morgan fingerprint density at radius 2 is 1.90 bits per heavy atom. The molecule has 1 aliphatic rings. The minimum absolute atomic E-state index is 0.109. The number of phenolic OH excluding ortho intramolecular Hbond substituents is 1. The fourth-order valence-electron chi connectivity index (χ4n) is 2.85. The van der Waals surface area contributed by atoms with Gasteiger partial charge in [0.25, 0.3) is 0 Å².